The smallest absolute Gasteiger partial charge is 0.407 e. The van der Waals surface area contributed by atoms with Crippen LogP contribution in [0, 0.1) is 5.92 Å². The normalized spacial score (nSPS) is 12.1. The van der Waals surface area contributed by atoms with Crippen LogP contribution in [0.3, 0.4) is 0 Å². The summed E-state index contributed by atoms with van der Waals surface area (Å²) in [6.45, 7) is 3.58. The average molecular weight is 189 g/mol. The summed E-state index contributed by atoms with van der Waals surface area (Å²) in [5.74, 6) is 4.44. The summed E-state index contributed by atoms with van der Waals surface area (Å²) in [6.07, 6.45) is -0.651. The minimum absolute atomic E-state index is 0.0531. The zero-order valence-corrected chi connectivity index (χ0v) is 7.96. The van der Waals surface area contributed by atoms with Gasteiger partial charge in [-0.1, -0.05) is 13.8 Å². The minimum atomic E-state index is -0.669. The van der Waals surface area contributed by atoms with Crippen LogP contribution in [0.4, 0.5) is 4.79 Å². The number of hydrogen-bond acceptors (Lipinski definition) is 4. The number of carbonyl (C=O) groups is 2. The Morgan fingerprint density at radius 3 is 2.23 bits per heavy atom. The van der Waals surface area contributed by atoms with E-state index in [1.807, 2.05) is 5.43 Å². The molecule has 76 valence electrons. The van der Waals surface area contributed by atoms with E-state index in [4.69, 9.17) is 5.84 Å². The molecule has 0 fully saturated rings. The van der Waals surface area contributed by atoms with Crippen LogP contribution < -0.4 is 16.6 Å². The number of nitrogens with two attached hydrogens (primary N) is 1. The zero-order valence-electron chi connectivity index (χ0n) is 7.96. The van der Waals surface area contributed by atoms with Crippen molar-refractivity contribution in [1.29, 1.82) is 0 Å². The van der Waals surface area contributed by atoms with Crippen molar-refractivity contribution in [2.24, 2.45) is 11.8 Å². The molecule has 4 N–H and O–H groups in total. The van der Waals surface area contributed by atoms with Gasteiger partial charge in [0.1, 0.15) is 6.04 Å². The van der Waals surface area contributed by atoms with Crippen molar-refractivity contribution in [3.63, 3.8) is 0 Å². The van der Waals surface area contributed by atoms with Crippen LogP contribution in [-0.2, 0) is 9.53 Å². The van der Waals surface area contributed by atoms with Gasteiger partial charge in [0.2, 0.25) is 0 Å². The third-order valence-corrected chi connectivity index (χ3v) is 1.55. The van der Waals surface area contributed by atoms with Crippen LogP contribution in [0.15, 0.2) is 0 Å². The maximum Gasteiger partial charge on any atom is 0.407 e. The van der Waals surface area contributed by atoms with E-state index in [1.54, 1.807) is 13.8 Å². The highest BCUT2D eigenvalue weighted by Crippen LogP contribution is 2.01. The Balaban J connectivity index is 4.26. The lowest BCUT2D eigenvalue weighted by Gasteiger charge is -2.19. The highest BCUT2D eigenvalue weighted by molar-refractivity contribution is 5.85. The van der Waals surface area contributed by atoms with E-state index in [-0.39, 0.29) is 5.92 Å². The van der Waals surface area contributed by atoms with E-state index >= 15 is 0 Å². The van der Waals surface area contributed by atoms with Gasteiger partial charge in [0, 0.05) is 0 Å². The predicted octanol–water partition coefficient (Wildman–Crippen LogP) is -0.643. The summed E-state index contributed by atoms with van der Waals surface area (Å²) in [5, 5.41) is 2.36. The summed E-state index contributed by atoms with van der Waals surface area (Å²) >= 11 is 0. The van der Waals surface area contributed by atoms with Crippen LogP contribution in [-0.4, -0.2) is 25.2 Å². The molecule has 0 heterocycles. The monoisotopic (exact) mass is 189 g/mol. The highest BCUT2D eigenvalue weighted by atomic mass is 16.5. The number of alkyl carbamates (subject to hydrolysis) is 1. The molecule has 0 unspecified atom stereocenters. The first kappa shape index (κ1) is 11.7. The number of methoxy groups -OCH3 is 1. The number of rotatable bonds is 3. The van der Waals surface area contributed by atoms with E-state index in [1.165, 1.54) is 7.11 Å². The van der Waals surface area contributed by atoms with Gasteiger partial charge in [-0.15, -0.1) is 0 Å². The van der Waals surface area contributed by atoms with Gasteiger partial charge in [0.15, 0.2) is 0 Å². The van der Waals surface area contributed by atoms with Crippen molar-refractivity contribution < 1.29 is 14.3 Å². The molecule has 0 aromatic heterocycles. The molecule has 0 saturated heterocycles. The Kier molecular flexibility index (Phi) is 4.83. The Bertz CT molecular complexity index is 193. The summed E-state index contributed by atoms with van der Waals surface area (Å²) in [4.78, 5) is 21.9. The third-order valence-electron chi connectivity index (χ3n) is 1.55. The van der Waals surface area contributed by atoms with Crippen molar-refractivity contribution in [2.45, 2.75) is 19.9 Å². The van der Waals surface area contributed by atoms with E-state index in [9.17, 15) is 9.59 Å². The SMILES string of the molecule is COC(=O)N[C@H](C(=O)NN)C(C)C. The molecule has 13 heavy (non-hydrogen) atoms. The number of hydrazine groups is 1. The molecular weight excluding hydrogens is 174 g/mol. The predicted molar refractivity (Wildman–Crippen MR) is 46.5 cm³/mol. The second kappa shape index (κ2) is 5.36. The molecule has 0 aliphatic heterocycles. The van der Waals surface area contributed by atoms with Crippen LogP contribution in [0.5, 0.6) is 0 Å². The number of amides is 2. The van der Waals surface area contributed by atoms with Gasteiger partial charge in [-0.3, -0.25) is 10.2 Å². The maximum atomic E-state index is 11.1. The molecule has 0 aromatic carbocycles. The fourth-order valence-corrected chi connectivity index (χ4v) is 0.811. The first-order chi connectivity index (χ1) is 6.02. The molecule has 0 bridgehead atoms. The summed E-state index contributed by atoms with van der Waals surface area (Å²) in [6, 6.07) is -0.669. The van der Waals surface area contributed by atoms with Gasteiger partial charge in [0.05, 0.1) is 7.11 Å². The first-order valence-corrected chi connectivity index (χ1v) is 3.87. The Hall–Kier alpha value is -1.30. The molecule has 0 rings (SSSR count). The standard InChI is InChI=1S/C7H15N3O3/c1-4(2)5(6(11)10-8)9-7(12)13-3/h4-5H,8H2,1-3H3,(H,9,12)(H,10,11)/t5-/m0/s1. The lowest BCUT2D eigenvalue weighted by Crippen LogP contribution is -2.51. The minimum Gasteiger partial charge on any atom is -0.453 e. The first-order valence-electron chi connectivity index (χ1n) is 3.87. The van der Waals surface area contributed by atoms with E-state index in [0.717, 1.165) is 0 Å². The van der Waals surface area contributed by atoms with E-state index in [0.29, 0.717) is 0 Å². The lowest BCUT2D eigenvalue weighted by molar-refractivity contribution is -0.124. The maximum absolute atomic E-state index is 11.1. The molecule has 0 radical (unpaired) electrons. The molecule has 6 heteroatoms. The number of hydrogen-bond donors (Lipinski definition) is 3. The molecule has 0 aromatic rings. The topological polar surface area (TPSA) is 93.4 Å². The van der Waals surface area contributed by atoms with Gasteiger partial charge < -0.3 is 10.1 Å². The average Bonchev–Trinajstić information content (AvgIpc) is 2.11. The molecule has 0 aliphatic rings. The number of nitrogens with one attached hydrogen (secondary N) is 2. The molecule has 6 nitrogen and oxygen atoms in total. The molecule has 0 saturated carbocycles. The van der Waals surface area contributed by atoms with Gasteiger partial charge in [-0.05, 0) is 5.92 Å². The summed E-state index contributed by atoms with van der Waals surface area (Å²) < 4.78 is 4.35. The van der Waals surface area contributed by atoms with Gasteiger partial charge in [-0.25, -0.2) is 10.6 Å². The number of ether oxygens (including phenoxy) is 1. The van der Waals surface area contributed by atoms with Crippen LogP contribution >= 0.6 is 0 Å². The molecule has 1 atom stereocenters. The Morgan fingerprint density at radius 1 is 1.38 bits per heavy atom. The molecular formula is C7H15N3O3. The molecule has 0 spiro atoms. The fourth-order valence-electron chi connectivity index (χ4n) is 0.811. The van der Waals surface area contributed by atoms with Crippen molar-refractivity contribution in [2.75, 3.05) is 7.11 Å². The second-order valence-electron chi connectivity index (χ2n) is 2.87. The van der Waals surface area contributed by atoms with Crippen molar-refractivity contribution in [1.82, 2.24) is 10.7 Å². The van der Waals surface area contributed by atoms with E-state index < -0.39 is 18.0 Å². The summed E-state index contributed by atoms with van der Waals surface area (Å²) in [5.41, 5.74) is 1.97. The van der Waals surface area contributed by atoms with Gasteiger partial charge >= 0.3 is 6.09 Å². The Labute approximate surface area is 76.8 Å². The van der Waals surface area contributed by atoms with Gasteiger partial charge in [0.25, 0.3) is 5.91 Å². The van der Waals surface area contributed by atoms with Crippen molar-refractivity contribution >= 4 is 12.0 Å². The van der Waals surface area contributed by atoms with Crippen LogP contribution in [0.25, 0.3) is 0 Å². The Morgan fingerprint density at radius 2 is 1.92 bits per heavy atom. The van der Waals surface area contributed by atoms with Crippen LogP contribution in [0.1, 0.15) is 13.8 Å². The molecule has 2 amide bonds. The van der Waals surface area contributed by atoms with Crippen molar-refractivity contribution in [3.8, 4) is 0 Å². The largest absolute Gasteiger partial charge is 0.453 e. The molecule has 0 aliphatic carbocycles. The summed E-state index contributed by atoms with van der Waals surface area (Å²) in [7, 11) is 1.23. The fraction of sp³-hybridized carbons (Fsp3) is 0.714. The third kappa shape index (κ3) is 3.75. The van der Waals surface area contributed by atoms with Crippen LogP contribution in [0.2, 0.25) is 0 Å². The van der Waals surface area contributed by atoms with Gasteiger partial charge in [-0.2, -0.15) is 0 Å². The second-order valence-corrected chi connectivity index (χ2v) is 2.87. The quantitative estimate of drug-likeness (QED) is 0.312. The zero-order chi connectivity index (χ0) is 10.4. The number of carbonyl (C=O) groups excluding carboxylic acids is 2. The lowest BCUT2D eigenvalue weighted by atomic mass is 10.0. The highest BCUT2D eigenvalue weighted by Gasteiger charge is 2.23. The van der Waals surface area contributed by atoms with E-state index in [2.05, 4.69) is 10.1 Å². The van der Waals surface area contributed by atoms with Crippen molar-refractivity contribution in [3.05, 3.63) is 0 Å².